The third-order valence-corrected chi connectivity index (χ3v) is 3.02. The molecule has 94 valence electrons. The molecule has 0 amide bonds. The van der Waals surface area contributed by atoms with E-state index in [1.165, 1.54) is 12.1 Å². The maximum absolute atomic E-state index is 13.0. The lowest BCUT2D eigenvalue weighted by Crippen LogP contribution is -2.02. The van der Waals surface area contributed by atoms with E-state index in [1.807, 2.05) is 19.1 Å². The SMILES string of the molecule is Cc1ccc(C(O)Cc2ccc(F)c(Cl)c2)cn1. The lowest BCUT2D eigenvalue weighted by molar-refractivity contribution is 0.178. The van der Waals surface area contributed by atoms with E-state index in [0.29, 0.717) is 6.42 Å². The Morgan fingerprint density at radius 1 is 1.33 bits per heavy atom. The van der Waals surface area contributed by atoms with Crippen LogP contribution in [0.15, 0.2) is 36.5 Å². The van der Waals surface area contributed by atoms with Crippen molar-refractivity contribution in [2.45, 2.75) is 19.4 Å². The topological polar surface area (TPSA) is 33.1 Å². The summed E-state index contributed by atoms with van der Waals surface area (Å²) in [6, 6.07) is 8.12. The Hall–Kier alpha value is -1.45. The average Bonchev–Trinajstić information content (AvgIpc) is 2.34. The van der Waals surface area contributed by atoms with Gasteiger partial charge in [-0.3, -0.25) is 4.98 Å². The highest BCUT2D eigenvalue weighted by molar-refractivity contribution is 6.30. The summed E-state index contributed by atoms with van der Waals surface area (Å²) in [5.41, 5.74) is 2.42. The Morgan fingerprint density at radius 2 is 2.11 bits per heavy atom. The van der Waals surface area contributed by atoms with E-state index < -0.39 is 11.9 Å². The number of hydrogen-bond acceptors (Lipinski definition) is 2. The van der Waals surface area contributed by atoms with E-state index in [1.54, 1.807) is 12.3 Å². The molecule has 4 heteroatoms. The maximum atomic E-state index is 13.0. The molecule has 18 heavy (non-hydrogen) atoms. The van der Waals surface area contributed by atoms with Crippen molar-refractivity contribution in [2.24, 2.45) is 0 Å². The Balaban J connectivity index is 2.13. The van der Waals surface area contributed by atoms with Gasteiger partial charge in [0, 0.05) is 18.3 Å². The number of aliphatic hydroxyl groups excluding tert-OH is 1. The van der Waals surface area contributed by atoms with Gasteiger partial charge in [0.15, 0.2) is 0 Å². The lowest BCUT2D eigenvalue weighted by atomic mass is 10.0. The van der Waals surface area contributed by atoms with E-state index in [-0.39, 0.29) is 5.02 Å². The van der Waals surface area contributed by atoms with Crippen molar-refractivity contribution < 1.29 is 9.50 Å². The van der Waals surface area contributed by atoms with Gasteiger partial charge in [0.1, 0.15) is 5.82 Å². The predicted molar refractivity (Wildman–Crippen MR) is 69.0 cm³/mol. The average molecular weight is 266 g/mol. The van der Waals surface area contributed by atoms with Crippen molar-refractivity contribution in [3.63, 3.8) is 0 Å². The standard InChI is InChI=1S/C14H13ClFNO/c1-9-2-4-11(8-17-9)14(18)7-10-3-5-13(16)12(15)6-10/h2-6,8,14,18H,7H2,1H3. The monoisotopic (exact) mass is 265 g/mol. The number of aliphatic hydroxyl groups is 1. The van der Waals surface area contributed by atoms with Crippen LogP contribution in [0.4, 0.5) is 4.39 Å². The molecule has 0 bridgehead atoms. The smallest absolute Gasteiger partial charge is 0.141 e. The molecule has 0 aliphatic carbocycles. The number of hydrogen-bond donors (Lipinski definition) is 1. The Kier molecular flexibility index (Phi) is 3.94. The molecule has 2 rings (SSSR count). The number of aryl methyl sites for hydroxylation is 1. The minimum absolute atomic E-state index is 0.0710. The van der Waals surface area contributed by atoms with Crippen LogP contribution in [-0.4, -0.2) is 10.1 Å². The van der Waals surface area contributed by atoms with Crippen molar-refractivity contribution in [1.29, 1.82) is 0 Å². The minimum atomic E-state index is -0.667. The maximum Gasteiger partial charge on any atom is 0.141 e. The van der Waals surface area contributed by atoms with Crippen molar-refractivity contribution in [3.05, 3.63) is 64.2 Å². The van der Waals surface area contributed by atoms with Crippen molar-refractivity contribution in [1.82, 2.24) is 4.98 Å². The van der Waals surface area contributed by atoms with Crippen LogP contribution in [0.1, 0.15) is 22.9 Å². The van der Waals surface area contributed by atoms with Gasteiger partial charge in [0.05, 0.1) is 11.1 Å². The summed E-state index contributed by atoms with van der Waals surface area (Å²) in [6.45, 7) is 1.88. The van der Waals surface area contributed by atoms with Gasteiger partial charge in [0.2, 0.25) is 0 Å². The van der Waals surface area contributed by atoms with Crippen LogP contribution in [0, 0.1) is 12.7 Å². The van der Waals surface area contributed by atoms with E-state index in [0.717, 1.165) is 16.8 Å². The Bertz CT molecular complexity index is 542. The molecule has 0 aliphatic heterocycles. The number of nitrogens with zero attached hydrogens (tertiary/aromatic N) is 1. The molecule has 0 saturated heterocycles. The molecule has 1 aromatic heterocycles. The molecule has 1 atom stereocenters. The molecule has 1 heterocycles. The third kappa shape index (κ3) is 3.06. The van der Waals surface area contributed by atoms with Crippen LogP contribution in [-0.2, 0) is 6.42 Å². The highest BCUT2D eigenvalue weighted by Gasteiger charge is 2.10. The third-order valence-electron chi connectivity index (χ3n) is 2.73. The van der Waals surface area contributed by atoms with Crippen molar-refractivity contribution in [2.75, 3.05) is 0 Å². The molecule has 0 spiro atoms. The summed E-state index contributed by atoms with van der Waals surface area (Å²) in [7, 11) is 0. The Labute approximate surface area is 110 Å². The quantitative estimate of drug-likeness (QED) is 0.922. The molecule has 0 fully saturated rings. The molecule has 0 radical (unpaired) electrons. The van der Waals surface area contributed by atoms with Gasteiger partial charge in [-0.15, -0.1) is 0 Å². The summed E-state index contributed by atoms with van der Waals surface area (Å²) in [5.74, 6) is -0.452. The zero-order valence-corrected chi connectivity index (χ0v) is 10.7. The van der Waals surface area contributed by atoms with Crippen molar-refractivity contribution in [3.8, 4) is 0 Å². The molecule has 1 aromatic carbocycles. The van der Waals surface area contributed by atoms with E-state index in [2.05, 4.69) is 4.98 Å². The van der Waals surface area contributed by atoms with E-state index in [4.69, 9.17) is 11.6 Å². The lowest BCUT2D eigenvalue weighted by Gasteiger charge is -2.11. The number of pyridine rings is 1. The molecule has 0 saturated carbocycles. The van der Waals surface area contributed by atoms with Gasteiger partial charge in [-0.2, -0.15) is 0 Å². The van der Waals surface area contributed by atoms with Crippen LogP contribution >= 0.6 is 11.6 Å². The summed E-state index contributed by atoms with van der Waals surface area (Å²) in [4.78, 5) is 4.13. The molecule has 2 aromatic rings. The fourth-order valence-electron chi connectivity index (χ4n) is 1.68. The van der Waals surface area contributed by atoms with E-state index in [9.17, 15) is 9.50 Å². The molecule has 1 unspecified atom stereocenters. The fourth-order valence-corrected chi connectivity index (χ4v) is 1.89. The zero-order valence-electron chi connectivity index (χ0n) is 9.90. The largest absolute Gasteiger partial charge is 0.388 e. The number of aromatic nitrogens is 1. The molecule has 0 aliphatic rings. The fraction of sp³-hybridized carbons (Fsp3) is 0.214. The predicted octanol–water partition coefficient (Wildman–Crippen LogP) is 3.46. The summed E-state index contributed by atoms with van der Waals surface area (Å²) >= 11 is 5.70. The minimum Gasteiger partial charge on any atom is -0.388 e. The van der Waals surface area contributed by atoms with Crippen LogP contribution in [0.5, 0.6) is 0 Å². The first-order valence-corrected chi connectivity index (χ1v) is 5.98. The van der Waals surface area contributed by atoms with E-state index >= 15 is 0 Å². The van der Waals surface area contributed by atoms with Crippen LogP contribution < -0.4 is 0 Å². The van der Waals surface area contributed by atoms with Crippen molar-refractivity contribution >= 4 is 11.6 Å². The second-order valence-corrected chi connectivity index (χ2v) is 4.61. The van der Waals surface area contributed by atoms with Gasteiger partial charge in [-0.25, -0.2) is 4.39 Å². The van der Waals surface area contributed by atoms with Gasteiger partial charge < -0.3 is 5.11 Å². The van der Waals surface area contributed by atoms with Crippen LogP contribution in [0.25, 0.3) is 0 Å². The zero-order chi connectivity index (χ0) is 13.1. The first-order valence-electron chi connectivity index (χ1n) is 5.61. The van der Waals surface area contributed by atoms with Crippen LogP contribution in [0.2, 0.25) is 5.02 Å². The van der Waals surface area contributed by atoms with Gasteiger partial charge in [0.25, 0.3) is 0 Å². The first kappa shape index (κ1) is 13.0. The van der Waals surface area contributed by atoms with Gasteiger partial charge in [-0.05, 0) is 36.2 Å². The normalized spacial score (nSPS) is 12.4. The second kappa shape index (κ2) is 5.46. The molecule has 2 nitrogen and oxygen atoms in total. The highest BCUT2D eigenvalue weighted by atomic mass is 35.5. The summed E-state index contributed by atoms with van der Waals surface area (Å²) in [5, 5.41) is 10.1. The molecular weight excluding hydrogens is 253 g/mol. The van der Waals surface area contributed by atoms with Crippen LogP contribution in [0.3, 0.4) is 0 Å². The van der Waals surface area contributed by atoms with Gasteiger partial charge in [-0.1, -0.05) is 23.7 Å². The summed E-state index contributed by atoms with van der Waals surface area (Å²) in [6.07, 6.45) is 1.36. The molecular formula is C14H13ClFNO. The number of benzene rings is 1. The Morgan fingerprint density at radius 3 is 2.72 bits per heavy atom. The summed E-state index contributed by atoms with van der Waals surface area (Å²) < 4.78 is 13.0. The van der Waals surface area contributed by atoms with Gasteiger partial charge >= 0.3 is 0 Å². The number of halogens is 2. The number of rotatable bonds is 3. The highest BCUT2D eigenvalue weighted by Crippen LogP contribution is 2.21. The second-order valence-electron chi connectivity index (χ2n) is 4.20. The molecule has 1 N–H and O–H groups in total. The first-order chi connectivity index (χ1) is 8.56.